The molecule has 0 aliphatic carbocycles. The summed E-state index contributed by atoms with van der Waals surface area (Å²) in [7, 11) is -3.45. The first-order valence-electron chi connectivity index (χ1n) is 4.84. The molecular weight excluding hydrogens is 246 g/mol. The number of nitrogen functional groups attached to an aromatic ring is 1. The monoisotopic (exact) mass is 261 g/mol. The molecule has 0 heterocycles. The highest BCUT2D eigenvalue weighted by molar-refractivity contribution is 7.91. The molecule has 16 heavy (non-hydrogen) atoms. The maximum absolute atomic E-state index is 11.8. The van der Waals surface area contributed by atoms with Gasteiger partial charge in [-0.05, 0) is 29.9 Å². The van der Waals surface area contributed by atoms with E-state index in [-0.39, 0.29) is 10.6 Å². The number of aryl methyl sites for hydroxylation is 1. The zero-order valence-electron chi connectivity index (χ0n) is 8.76. The van der Waals surface area contributed by atoms with Gasteiger partial charge in [0.2, 0.25) is 0 Å². The van der Waals surface area contributed by atoms with Crippen molar-refractivity contribution >= 4 is 28.2 Å². The number of aliphatic hydroxyl groups is 1. The second-order valence-corrected chi connectivity index (χ2v) is 5.91. The van der Waals surface area contributed by atoms with Gasteiger partial charge in [0.15, 0.2) is 9.84 Å². The summed E-state index contributed by atoms with van der Waals surface area (Å²) < 4.78 is 23.7. The Bertz CT molecular complexity index is 457. The molecule has 0 bridgehead atoms. The molecular formula is C10H15NO3S2. The Labute approximate surface area is 101 Å². The normalized spacial score (nSPS) is 11.6. The van der Waals surface area contributed by atoms with Crippen molar-refractivity contribution in [1.29, 1.82) is 0 Å². The van der Waals surface area contributed by atoms with Crippen LogP contribution in [0.15, 0.2) is 23.1 Å². The lowest BCUT2D eigenvalue weighted by molar-refractivity contribution is 0.319. The minimum Gasteiger partial charge on any atom is -0.399 e. The maximum Gasteiger partial charge on any atom is 0.180 e. The van der Waals surface area contributed by atoms with Crippen LogP contribution < -0.4 is 5.73 Å². The SMILES string of the molecule is Nc1ccc(CCS)c(S(=O)(=O)CCO)c1. The van der Waals surface area contributed by atoms with E-state index in [1.54, 1.807) is 12.1 Å². The van der Waals surface area contributed by atoms with Gasteiger partial charge in [-0.3, -0.25) is 0 Å². The topological polar surface area (TPSA) is 80.4 Å². The lowest BCUT2D eigenvalue weighted by Crippen LogP contribution is -2.13. The Morgan fingerprint density at radius 1 is 1.38 bits per heavy atom. The number of rotatable bonds is 5. The van der Waals surface area contributed by atoms with Crippen LogP contribution in [-0.2, 0) is 16.3 Å². The highest BCUT2D eigenvalue weighted by atomic mass is 32.2. The second kappa shape index (κ2) is 5.56. The van der Waals surface area contributed by atoms with Crippen molar-refractivity contribution in [2.45, 2.75) is 11.3 Å². The van der Waals surface area contributed by atoms with Gasteiger partial charge in [-0.15, -0.1) is 0 Å². The maximum atomic E-state index is 11.8. The largest absolute Gasteiger partial charge is 0.399 e. The molecule has 0 unspecified atom stereocenters. The molecule has 3 N–H and O–H groups in total. The number of sulfone groups is 1. The fraction of sp³-hybridized carbons (Fsp3) is 0.400. The first-order chi connectivity index (χ1) is 7.51. The van der Waals surface area contributed by atoms with Crippen LogP contribution in [0, 0.1) is 0 Å². The van der Waals surface area contributed by atoms with Gasteiger partial charge < -0.3 is 10.8 Å². The van der Waals surface area contributed by atoms with Gasteiger partial charge in [-0.2, -0.15) is 12.6 Å². The van der Waals surface area contributed by atoms with Crippen molar-refractivity contribution in [1.82, 2.24) is 0 Å². The van der Waals surface area contributed by atoms with E-state index in [0.29, 0.717) is 23.4 Å². The van der Waals surface area contributed by atoms with E-state index in [0.717, 1.165) is 0 Å². The molecule has 0 saturated heterocycles. The molecule has 0 spiro atoms. The van der Waals surface area contributed by atoms with Crippen molar-refractivity contribution < 1.29 is 13.5 Å². The summed E-state index contributed by atoms with van der Waals surface area (Å²) in [5, 5.41) is 8.73. The molecule has 1 aromatic rings. The van der Waals surface area contributed by atoms with Crippen LogP contribution in [0.1, 0.15) is 5.56 Å². The first kappa shape index (κ1) is 13.3. The van der Waals surface area contributed by atoms with Crippen LogP contribution in [0.25, 0.3) is 0 Å². The smallest absolute Gasteiger partial charge is 0.180 e. The quantitative estimate of drug-likeness (QED) is 0.533. The van der Waals surface area contributed by atoms with Gasteiger partial charge in [-0.1, -0.05) is 6.07 Å². The minimum absolute atomic E-state index is 0.204. The summed E-state index contributed by atoms with van der Waals surface area (Å²) in [4.78, 5) is 0.204. The highest BCUT2D eigenvalue weighted by Crippen LogP contribution is 2.21. The lowest BCUT2D eigenvalue weighted by Gasteiger charge is -2.09. The number of nitrogens with two attached hydrogens (primary N) is 1. The van der Waals surface area contributed by atoms with Crippen LogP contribution >= 0.6 is 12.6 Å². The molecule has 0 aliphatic rings. The molecule has 0 atom stereocenters. The standard InChI is InChI=1S/C10H15NO3S2/c11-9-2-1-8(3-5-15)10(7-9)16(13,14)6-4-12/h1-2,7,12,15H,3-6,11H2. The summed E-state index contributed by atoms with van der Waals surface area (Å²) in [6.07, 6.45) is 0.559. The summed E-state index contributed by atoms with van der Waals surface area (Å²) in [6.45, 7) is -0.391. The van der Waals surface area contributed by atoms with E-state index >= 15 is 0 Å². The Morgan fingerprint density at radius 3 is 2.62 bits per heavy atom. The summed E-state index contributed by atoms with van der Waals surface area (Å²) in [5.74, 6) is 0.279. The van der Waals surface area contributed by atoms with E-state index < -0.39 is 16.4 Å². The molecule has 1 aromatic carbocycles. The van der Waals surface area contributed by atoms with Crippen molar-refractivity contribution in [3.63, 3.8) is 0 Å². The van der Waals surface area contributed by atoms with E-state index in [4.69, 9.17) is 10.8 Å². The van der Waals surface area contributed by atoms with Crippen molar-refractivity contribution in [2.75, 3.05) is 23.8 Å². The Balaban J connectivity index is 3.24. The minimum atomic E-state index is -3.45. The Kier molecular flexibility index (Phi) is 4.64. The molecule has 0 fully saturated rings. The Hall–Kier alpha value is -0.720. The molecule has 0 aromatic heterocycles. The third kappa shape index (κ3) is 3.13. The average molecular weight is 261 g/mol. The second-order valence-electron chi connectivity index (χ2n) is 3.38. The summed E-state index contributed by atoms with van der Waals surface area (Å²) >= 11 is 4.08. The molecule has 0 radical (unpaired) electrons. The molecule has 0 amide bonds. The number of hydrogen-bond acceptors (Lipinski definition) is 5. The predicted molar refractivity (Wildman–Crippen MR) is 67.6 cm³/mol. The third-order valence-electron chi connectivity index (χ3n) is 2.17. The highest BCUT2D eigenvalue weighted by Gasteiger charge is 2.18. The van der Waals surface area contributed by atoms with Gasteiger partial charge in [0, 0.05) is 5.69 Å². The van der Waals surface area contributed by atoms with Crippen molar-refractivity contribution in [3.8, 4) is 0 Å². The zero-order chi connectivity index (χ0) is 12.2. The molecule has 0 saturated carbocycles. The Morgan fingerprint density at radius 2 is 2.06 bits per heavy atom. The number of anilines is 1. The number of thiol groups is 1. The molecule has 90 valence electrons. The fourth-order valence-corrected chi connectivity index (χ4v) is 3.00. The fourth-order valence-electron chi connectivity index (χ4n) is 1.42. The van der Waals surface area contributed by atoms with E-state index in [1.165, 1.54) is 6.07 Å². The van der Waals surface area contributed by atoms with Crippen molar-refractivity contribution in [2.24, 2.45) is 0 Å². The number of hydrogen-bond donors (Lipinski definition) is 3. The van der Waals surface area contributed by atoms with Gasteiger partial charge in [0.1, 0.15) is 0 Å². The molecule has 6 heteroatoms. The number of benzene rings is 1. The molecule has 1 rings (SSSR count). The number of aliphatic hydroxyl groups excluding tert-OH is 1. The van der Waals surface area contributed by atoms with Crippen LogP contribution in [0.5, 0.6) is 0 Å². The summed E-state index contributed by atoms with van der Waals surface area (Å²) in [5.41, 5.74) is 6.66. The first-order valence-corrected chi connectivity index (χ1v) is 7.12. The van der Waals surface area contributed by atoms with E-state index in [2.05, 4.69) is 12.6 Å². The van der Waals surface area contributed by atoms with E-state index in [1.807, 2.05) is 0 Å². The van der Waals surface area contributed by atoms with Crippen LogP contribution in [0.2, 0.25) is 0 Å². The summed E-state index contributed by atoms with van der Waals surface area (Å²) in [6, 6.07) is 4.79. The average Bonchev–Trinajstić information content (AvgIpc) is 2.21. The van der Waals surface area contributed by atoms with Gasteiger partial charge in [-0.25, -0.2) is 8.42 Å². The predicted octanol–water partition coefficient (Wildman–Crippen LogP) is 0.507. The molecule has 0 aliphatic heterocycles. The van der Waals surface area contributed by atoms with Gasteiger partial charge >= 0.3 is 0 Å². The lowest BCUT2D eigenvalue weighted by atomic mass is 10.1. The van der Waals surface area contributed by atoms with Crippen LogP contribution in [0.4, 0.5) is 5.69 Å². The van der Waals surface area contributed by atoms with Gasteiger partial charge in [0.25, 0.3) is 0 Å². The van der Waals surface area contributed by atoms with Crippen LogP contribution in [-0.4, -0.2) is 31.6 Å². The van der Waals surface area contributed by atoms with E-state index in [9.17, 15) is 8.42 Å². The van der Waals surface area contributed by atoms with Crippen LogP contribution in [0.3, 0.4) is 0 Å². The van der Waals surface area contributed by atoms with Gasteiger partial charge in [0.05, 0.1) is 17.3 Å². The zero-order valence-corrected chi connectivity index (χ0v) is 10.5. The van der Waals surface area contributed by atoms with Crippen molar-refractivity contribution in [3.05, 3.63) is 23.8 Å². The third-order valence-corrected chi connectivity index (χ3v) is 4.16. The molecule has 4 nitrogen and oxygen atoms in total.